The molecular weight excluding hydrogens is 348 g/mol. The van der Waals surface area contributed by atoms with Gasteiger partial charge in [0.1, 0.15) is 0 Å². The third-order valence-corrected chi connectivity index (χ3v) is 4.92. The molecule has 0 aliphatic heterocycles. The van der Waals surface area contributed by atoms with Crippen molar-refractivity contribution in [2.45, 2.75) is 20.4 Å². The lowest BCUT2D eigenvalue weighted by Gasteiger charge is -2.09. The van der Waals surface area contributed by atoms with Crippen molar-refractivity contribution in [1.29, 1.82) is 0 Å². The molecule has 0 saturated heterocycles. The zero-order valence-electron chi connectivity index (χ0n) is 14.7. The van der Waals surface area contributed by atoms with Crippen molar-refractivity contribution in [3.05, 3.63) is 75.7 Å². The molecule has 3 aromatic rings. The monoisotopic (exact) mass is 368 g/mol. The standard InChI is InChI=1S/C20H20N2O3S/c1-14-11-18(15(2)22(14)16-7-4-3-5-8-16)20(24)25-13-19(23)21-12-17-9-6-10-26-17/h3-11H,12-13H2,1-2H3,(H,21,23). The summed E-state index contributed by atoms with van der Waals surface area (Å²) >= 11 is 1.57. The lowest BCUT2D eigenvalue weighted by atomic mass is 10.2. The summed E-state index contributed by atoms with van der Waals surface area (Å²) in [6.07, 6.45) is 0. The van der Waals surface area contributed by atoms with E-state index in [4.69, 9.17) is 4.74 Å². The first-order valence-corrected chi connectivity index (χ1v) is 9.15. The Balaban J connectivity index is 1.62. The number of esters is 1. The van der Waals surface area contributed by atoms with E-state index in [2.05, 4.69) is 5.32 Å². The number of carbonyl (C=O) groups is 2. The van der Waals surface area contributed by atoms with E-state index in [-0.39, 0.29) is 12.5 Å². The lowest BCUT2D eigenvalue weighted by Crippen LogP contribution is -2.28. The molecule has 0 saturated carbocycles. The van der Waals surface area contributed by atoms with Crippen molar-refractivity contribution in [3.8, 4) is 5.69 Å². The van der Waals surface area contributed by atoms with Crippen molar-refractivity contribution in [2.75, 3.05) is 6.61 Å². The highest BCUT2D eigenvalue weighted by Crippen LogP contribution is 2.21. The molecular formula is C20H20N2O3S. The number of para-hydroxylation sites is 1. The van der Waals surface area contributed by atoms with Crippen molar-refractivity contribution < 1.29 is 14.3 Å². The van der Waals surface area contributed by atoms with Crippen molar-refractivity contribution in [3.63, 3.8) is 0 Å². The van der Waals surface area contributed by atoms with Gasteiger partial charge in [-0.25, -0.2) is 4.79 Å². The molecule has 134 valence electrons. The van der Waals surface area contributed by atoms with Crippen molar-refractivity contribution in [2.24, 2.45) is 0 Å². The molecule has 26 heavy (non-hydrogen) atoms. The van der Waals surface area contributed by atoms with Crippen LogP contribution in [0.4, 0.5) is 0 Å². The zero-order valence-corrected chi connectivity index (χ0v) is 15.5. The van der Waals surface area contributed by atoms with Crippen molar-refractivity contribution in [1.82, 2.24) is 9.88 Å². The number of rotatable bonds is 6. The van der Waals surface area contributed by atoms with Gasteiger partial charge in [0.15, 0.2) is 6.61 Å². The lowest BCUT2D eigenvalue weighted by molar-refractivity contribution is -0.124. The molecule has 0 aliphatic carbocycles. The molecule has 0 atom stereocenters. The molecule has 0 aliphatic rings. The largest absolute Gasteiger partial charge is 0.452 e. The molecule has 0 spiro atoms. The molecule has 5 nitrogen and oxygen atoms in total. The van der Waals surface area contributed by atoms with Crippen LogP contribution in [0.15, 0.2) is 53.9 Å². The summed E-state index contributed by atoms with van der Waals surface area (Å²) < 4.78 is 7.18. The van der Waals surface area contributed by atoms with Crippen LogP contribution >= 0.6 is 11.3 Å². The molecule has 1 amide bonds. The first-order chi connectivity index (χ1) is 12.6. The molecule has 0 radical (unpaired) electrons. The summed E-state index contributed by atoms with van der Waals surface area (Å²) in [5.74, 6) is -0.810. The SMILES string of the molecule is Cc1cc(C(=O)OCC(=O)NCc2cccs2)c(C)n1-c1ccccc1. The number of hydrogen-bond donors (Lipinski definition) is 1. The van der Waals surface area contributed by atoms with Crippen LogP contribution in [0.1, 0.15) is 26.6 Å². The summed E-state index contributed by atoms with van der Waals surface area (Å²) in [5, 5.41) is 4.69. The number of thiophene rings is 1. The van der Waals surface area contributed by atoms with Crippen LogP contribution in [0, 0.1) is 13.8 Å². The molecule has 1 aromatic carbocycles. The number of nitrogens with one attached hydrogen (secondary N) is 1. The Kier molecular flexibility index (Phi) is 5.53. The van der Waals surface area contributed by atoms with E-state index in [0.29, 0.717) is 12.1 Å². The number of amides is 1. The number of aryl methyl sites for hydroxylation is 1. The third-order valence-electron chi connectivity index (χ3n) is 4.04. The van der Waals surface area contributed by atoms with Gasteiger partial charge < -0.3 is 14.6 Å². The number of hydrogen-bond acceptors (Lipinski definition) is 4. The van der Waals surface area contributed by atoms with Crippen LogP contribution in [-0.4, -0.2) is 23.1 Å². The van der Waals surface area contributed by atoms with E-state index in [9.17, 15) is 9.59 Å². The normalized spacial score (nSPS) is 10.5. The van der Waals surface area contributed by atoms with Gasteiger partial charge in [0.2, 0.25) is 0 Å². The van der Waals surface area contributed by atoms with Gasteiger partial charge in [-0.1, -0.05) is 24.3 Å². The minimum atomic E-state index is -0.494. The maximum Gasteiger partial charge on any atom is 0.340 e. The number of aromatic nitrogens is 1. The van der Waals surface area contributed by atoms with E-state index in [0.717, 1.165) is 22.0 Å². The number of carbonyl (C=O) groups excluding carboxylic acids is 2. The summed E-state index contributed by atoms with van der Waals surface area (Å²) in [5.41, 5.74) is 3.17. The maximum absolute atomic E-state index is 12.4. The Hall–Kier alpha value is -2.86. The average molecular weight is 368 g/mol. The van der Waals surface area contributed by atoms with Gasteiger partial charge in [-0.05, 0) is 43.5 Å². The minimum Gasteiger partial charge on any atom is -0.452 e. The molecule has 6 heteroatoms. The molecule has 0 fully saturated rings. The van der Waals surface area contributed by atoms with Crippen LogP contribution in [-0.2, 0) is 16.1 Å². The van der Waals surface area contributed by atoms with Crippen LogP contribution in [0.5, 0.6) is 0 Å². The topological polar surface area (TPSA) is 60.3 Å². The molecule has 3 rings (SSSR count). The van der Waals surface area contributed by atoms with Gasteiger partial charge in [0.25, 0.3) is 5.91 Å². The van der Waals surface area contributed by atoms with E-state index < -0.39 is 5.97 Å². The smallest absolute Gasteiger partial charge is 0.340 e. The van der Waals surface area contributed by atoms with Gasteiger partial charge in [-0.15, -0.1) is 11.3 Å². The Labute approximate surface area is 156 Å². The van der Waals surface area contributed by atoms with Gasteiger partial charge in [-0.3, -0.25) is 4.79 Å². The van der Waals surface area contributed by atoms with Gasteiger partial charge in [-0.2, -0.15) is 0 Å². The van der Waals surface area contributed by atoms with Crippen LogP contribution in [0.25, 0.3) is 5.69 Å². The summed E-state index contributed by atoms with van der Waals surface area (Å²) in [7, 11) is 0. The molecule has 0 bridgehead atoms. The first-order valence-electron chi connectivity index (χ1n) is 8.27. The molecule has 1 N–H and O–H groups in total. The second-order valence-electron chi connectivity index (χ2n) is 5.89. The Morgan fingerprint density at radius 2 is 1.88 bits per heavy atom. The Bertz CT molecular complexity index is 899. The predicted octanol–water partition coefficient (Wildman–Crippen LogP) is 3.63. The van der Waals surface area contributed by atoms with E-state index >= 15 is 0 Å². The summed E-state index contributed by atoms with van der Waals surface area (Å²) in [6.45, 7) is 3.95. The highest BCUT2D eigenvalue weighted by atomic mass is 32.1. The van der Waals surface area contributed by atoms with Crippen molar-refractivity contribution >= 4 is 23.2 Å². The molecule has 0 unspecified atom stereocenters. The van der Waals surface area contributed by atoms with Gasteiger partial charge >= 0.3 is 5.97 Å². The van der Waals surface area contributed by atoms with Gasteiger partial charge in [0, 0.05) is 22.0 Å². The fraction of sp³-hybridized carbons (Fsp3) is 0.200. The van der Waals surface area contributed by atoms with E-state index in [1.54, 1.807) is 17.4 Å². The fourth-order valence-electron chi connectivity index (χ4n) is 2.80. The second kappa shape index (κ2) is 8.01. The second-order valence-corrected chi connectivity index (χ2v) is 6.92. The number of ether oxygens (including phenoxy) is 1. The van der Waals surface area contributed by atoms with E-state index in [1.807, 2.05) is 66.3 Å². The Morgan fingerprint density at radius 3 is 2.58 bits per heavy atom. The van der Waals surface area contributed by atoms with Crippen LogP contribution in [0.3, 0.4) is 0 Å². The quantitative estimate of drug-likeness (QED) is 0.676. The number of nitrogens with zero attached hydrogens (tertiary/aromatic N) is 1. The molecule has 2 heterocycles. The summed E-state index contributed by atoms with van der Waals surface area (Å²) in [6, 6.07) is 15.5. The van der Waals surface area contributed by atoms with Crippen LogP contribution in [0.2, 0.25) is 0 Å². The minimum absolute atomic E-state index is 0.292. The van der Waals surface area contributed by atoms with Gasteiger partial charge in [0.05, 0.1) is 12.1 Å². The highest BCUT2D eigenvalue weighted by Gasteiger charge is 2.18. The highest BCUT2D eigenvalue weighted by molar-refractivity contribution is 7.09. The van der Waals surface area contributed by atoms with Crippen LogP contribution < -0.4 is 5.32 Å². The zero-order chi connectivity index (χ0) is 18.5. The summed E-state index contributed by atoms with van der Waals surface area (Å²) in [4.78, 5) is 25.3. The third kappa shape index (κ3) is 4.03. The van der Waals surface area contributed by atoms with E-state index in [1.165, 1.54) is 0 Å². The Morgan fingerprint density at radius 1 is 1.12 bits per heavy atom. The fourth-order valence-corrected chi connectivity index (χ4v) is 3.45. The first kappa shape index (κ1) is 17.9. The predicted molar refractivity (Wildman–Crippen MR) is 102 cm³/mol. The molecule has 2 aromatic heterocycles. The average Bonchev–Trinajstić information content (AvgIpc) is 3.26. The number of benzene rings is 1. The maximum atomic E-state index is 12.4.